The summed E-state index contributed by atoms with van der Waals surface area (Å²) in [5.74, 6) is -0.716. The Balaban J connectivity index is 2.69. The van der Waals surface area contributed by atoms with Crippen LogP contribution in [-0.2, 0) is 9.59 Å². The minimum absolute atomic E-state index is 0.366. The Morgan fingerprint density at radius 3 is 2.43 bits per heavy atom. The van der Waals surface area contributed by atoms with E-state index in [1.807, 2.05) is 0 Å². The highest BCUT2D eigenvalue weighted by molar-refractivity contribution is 5.86. The van der Waals surface area contributed by atoms with Gasteiger partial charge in [0.15, 0.2) is 0 Å². The second-order valence-electron chi connectivity index (χ2n) is 5.92. The van der Waals surface area contributed by atoms with Gasteiger partial charge in [-0.3, -0.25) is 9.59 Å². The molecule has 0 aromatic heterocycles. The number of hydrogen-bond donors (Lipinski definition) is 2. The second-order valence-corrected chi connectivity index (χ2v) is 5.92. The number of nitrogens with two attached hydrogens (primary N) is 1. The highest BCUT2D eigenvalue weighted by atomic mass is 16.4. The van der Waals surface area contributed by atoms with Gasteiger partial charge in [0.1, 0.15) is 13.1 Å². The third-order valence-corrected chi connectivity index (χ3v) is 3.93. The lowest BCUT2D eigenvalue weighted by Gasteiger charge is -2.28. The molecular formula is C14H25N3O4. The van der Waals surface area contributed by atoms with Gasteiger partial charge in [0.25, 0.3) is 0 Å². The number of carbonyl (C=O) groups excluding carboxylic acids is 2. The number of carbonyl (C=O) groups is 3. The lowest BCUT2D eigenvalue weighted by molar-refractivity contribution is -0.138. The molecule has 0 aromatic rings. The summed E-state index contributed by atoms with van der Waals surface area (Å²) in [4.78, 5) is 36.8. The van der Waals surface area contributed by atoms with Crippen LogP contribution in [0.5, 0.6) is 0 Å². The summed E-state index contributed by atoms with van der Waals surface area (Å²) in [5.41, 5.74) is 5.08. The number of likely N-dealkylation sites (tertiary alicyclic amines) is 1. The molecule has 1 aliphatic heterocycles. The molecule has 0 bridgehead atoms. The quantitative estimate of drug-likeness (QED) is 0.781. The van der Waals surface area contributed by atoms with Crippen LogP contribution in [0.3, 0.4) is 0 Å². The monoisotopic (exact) mass is 299 g/mol. The molecule has 1 saturated heterocycles. The van der Waals surface area contributed by atoms with Gasteiger partial charge in [0.05, 0.1) is 0 Å². The van der Waals surface area contributed by atoms with Crippen LogP contribution in [0.2, 0.25) is 0 Å². The van der Waals surface area contributed by atoms with Crippen molar-refractivity contribution in [2.75, 3.05) is 26.2 Å². The molecule has 3 N–H and O–H groups in total. The van der Waals surface area contributed by atoms with Crippen LogP contribution in [-0.4, -0.2) is 59.0 Å². The molecule has 1 rings (SSSR count). The first-order valence-electron chi connectivity index (χ1n) is 7.35. The van der Waals surface area contributed by atoms with Crippen LogP contribution >= 0.6 is 0 Å². The highest BCUT2D eigenvalue weighted by Gasteiger charge is 2.27. The third-order valence-electron chi connectivity index (χ3n) is 3.93. The van der Waals surface area contributed by atoms with Crippen molar-refractivity contribution in [2.45, 2.75) is 33.1 Å². The molecule has 21 heavy (non-hydrogen) atoms. The predicted molar refractivity (Wildman–Crippen MR) is 77.6 cm³/mol. The molecule has 120 valence electrons. The fraction of sp³-hybridized carbons (Fsp3) is 0.786. The van der Waals surface area contributed by atoms with E-state index in [1.165, 1.54) is 0 Å². The summed E-state index contributed by atoms with van der Waals surface area (Å²) in [5, 5.41) is 8.85. The van der Waals surface area contributed by atoms with Gasteiger partial charge in [-0.05, 0) is 31.1 Å². The Morgan fingerprint density at radius 2 is 1.90 bits per heavy atom. The van der Waals surface area contributed by atoms with Crippen molar-refractivity contribution in [1.29, 1.82) is 0 Å². The van der Waals surface area contributed by atoms with Crippen molar-refractivity contribution in [2.24, 2.45) is 17.6 Å². The summed E-state index contributed by atoms with van der Waals surface area (Å²) >= 11 is 0. The molecule has 1 heterocycles. The van der Waals surface area contributed by atoms with E-state index in [-0.39, 0.29) is 6.54 Å². The van der Waals surface area contributed by atoms with Crippen LogP contribution in [0.15, 0.2) is 0 Å². The number of urea groups is 1. The van der Waals surface area contributed by atoms with Crippen molar-refractivity contribution >= 4 is 17.9 Å². The predicted octanol–water partition coefficient (Wildman–Crippen LogP) is 0.736. The van der Waals surface area contributed by atoms with Crippen molar-refractivity contribution < 1.29 is 19.5 Å². The largest absolute Gasteiger partial charge is 0.480 e. The van der Waals surface area contributed by atoms with Gasteiger partial charge in [-0.2, -0.15) is 0 Å². The first-order valence-corrected chi connectivity index (χ1v) is 7.35. The standard InChI is InChI=1S/C14H25N3O4/c1-10(2)11-4-3-6-16(7-5-11)14(21)17(8-12(15)18)9-13(19)20/h10-11H,3-9H2,1-2H3,(H2,15,18)(H,19,20). The number of aliphatic carboxylic acids is 1. The van der Waals surface area contributed by atoms with Crippen molar-refractivity contribution in [3.05, 3.63) is 0 Å². The maximum atomic E-state index is 12.4. The number of nitrogens with zero attached hydrogens (tertiary/aromatic N) is 2. The van der Waals surface area contributed by atoms with Crippen molar-refractivity contribution in [3.8, 4) is 0 Å². The number of rotatable bonds is 5. The van der Waals surface area contributed by atoms with Gasteiger partial charge in [-0.25, -0.2) is 4.79 Å². The molecule has 0 spiro atoms. The van der Waals surface area contributed by atoms with Crippen molar-refractivity contribution in [3.63, 3.8) is 0 Å². The zero-order valence-corrected chi connectivity index (χ0v) is 12.7. The maximum absolute atomic E-state index is 12.4. The highest BCUT2D eigenvalue weighted by Crippen LogP contribution is 2.24. The Kier molecular flexibility index (Phi) is 6.45. The van der Waals surface area contributed by atoms with Crippen LogP contribution in [0, 0.1) is 11.8 Å². The minimum atomic E-state index is -1.15. The summed E-state index contributed by atoms with van der Waals surface area (Å²) in [6, 6.07) is -0.416. The van der Waals surface area contributed by atoms with Gasteiger partial charge >= 0.3 is 12.0 Å². The molecule has 3 amide bonds. The van der Waals surface area contributed by atoms with Gasteiger partial charge in [-0.1, -0.05) is 13.8 Å². The van der Waals surface area contributed by atoms with Gasteiger partial charge in [0, 0.05) is 13.1 Å². The molecule has 7 nitrogen and oxygen atoms in total. The molecule has 7 heteroatoms. The van der Waals surface area contributed by atoms with Crippen LogP contribution in [0.1, 0.15) is 33.1 Å². The lowest BCUT2D eigenvalue weighted by atomic mass is 9.89. The molecule has 0 radical (unpaired) electrons. The average Bonchev–Trinajstić information content (AvgIpc) is 2.61. The fourth-order valence-corrected chi connectivity index (χ4v) is 2.72. The smallest absolute Gasteiger partial charge is 0.323 e. The Morgan fingerprint density at radius 1 is 1.24 bits per heavy atom. The molecular weight excluding hydrogens is 274 g/mol. The summed E-state index contributed by atoms with van der Waals surface area (Å²) in [6.45, 7) is 4.66. The average molecular weight is 299 g/mol. The normalized spacial score (nSPS) is 19.2. The van der Waals surface area contributed by atoms with Gasteiger partial charge in [0.2, 0.25) is 5.91 Å². The first-order chi connectivity index (χ1) is 9.81. The summed E-state index contributed by atoms with van der Waals surface area (Å²) in [7, 11) is 0. The Bertz CT molecular complexity index is 382. The van der Waals surface area contributed by atoms with E-state index in [1.54, 1.807) is 4.90 Å². The Hall–Kier alpha value is -1.79. The number of primary amides is 1. The fourth-order valence-electron chi connectivity index (χ4n) is 2.72. The van der Waals surface area contributed by atoms with E-state index in [0.29, 0.717) is 24.9 Å². The summed E-state index contributed by atoms with van der Waals surface area (Å²) in [6.07, 6.45) is 2.86. The molecule has 0 aromatic carbocycles. The number of carboxylic acid groups (broad SMARTS) is 1. The zero-order valence-electron chi connectivity index (χ0n) is 12.7. The van der Waals surface area contributed by atoms with E-state index in [2.05, 4.69) is 13.8 Å². The zero-order chi connectivity index (χ0) is 16.0. The lowest BCUT2D eigenvalue weighted by Crippen LogP contribution is -2.48. The van der Waals surface area contributed by atoms with E-state index >= 15 is 0 Å². The number of hydrogen-bond acceptors (Lipinski definition) is 3. The molecule has 1 unspecified atom stereocenters. The first kappa shape index (κ1) is 17.3. The van der Waals surface area contributed by atoms with Crippen LogP contribution in [0.4, 0.5) is 4.79 Å². The molecule has 1 aliphatic rings. The molecule has 1 fully saturated rings. The molecule has 0 aliphatic carbocycles. The molecule has 0 saturated carbocycles. The van der Waals surface area contributed by atoms with Crippen molar-refractivity contribution in [1.82, 2.24) is 9.80 Å². The van der Waals surface area contributed by atoms with Crippen LogP contribution < -0.4 is 5.73 Å². The second kappa shape index (κ2) is 7.85. The number of amides is 3. The molecule has 1 atom stereocenters. The SMILES string of the molecule is CC(C)C1CCCN(C(=O)N(CC(N)=O)CC(=O)O)CC1. The van der Waals surface area contributed by atoms with E-state index in [4.69, 9.17) is 10.8 Å². The third kappa shape index (κ3) is 5.61. The van der Waals surface area contributed by atoms with E-state index in [9.17, 15) is 14.4 Å². The van der Waals surface area contributed by atoms with Crippen LogP contribution in [0.25, 0.3) is 0 Å². The van der Waals surface area contributed by atoms with E-state index < -0.39 is 24.5 Å². The number of carboxylic acids is 1. The maximum Gasteiger partial charge on any atom is 0.323 e. The topological polar surface area (TPSA) is 104 Å². The minimum Gasteiger partial charge on any atom is -0.480 e. The van der Waals surface area contributed by atoms with E-state index in [0.717, 1.165) is 24.2 Å². The van der Waals surface area contributed by atoms with Gasteiger partial charge < -0.3 is 20.6 Å². The summed E-state index contributed by atoms with van der Waals surface area (Å²) < 4.78 is 0. The van der Waals surface area contributed by atoms with Gasteiger partial charge in [-0.15, -0.1) is 0 Å². The Labute approximate surface area is 125 Å².